The molecule has 1 atom stereocenters. The molecule has 4 nitrogen and oxygen atoms in total. The Morgan fingerprint density at radius 3 is 3.06 bits per heavy atom. The average molecular weight is 315 g/mol. The lowest BCUT2D eigenvalue weighted by atomic mass is 10.3. The number of carbonyl (C=O) groups is 1. The monoisotopic (exact) mass is 314 g/mol. The van der Waals surface area contributed by atoms with Crippen molar-refractivity contribution in [2.24, 2.45) is 0 Å². The van der Waals surface area contributed by atoms with E-state index in [9.17, 15) is 4.79 Å². The molecule has 6 heteroatoms. The fraction of sp³-hybridized carbons (Fsp3) is 0.273. The van der Waals surface area contributed by atoms with E-state index in [0.29, 0.717) is 11.6 Å². The van der Waals surface area contributed by atoms with Gasteiger partial charge in [0.1, 0.15) is 5.25 Å². The van der Waals surface area contributed by atoms with E-state index >= 15 is 0 Å². The summed E-state index contributed by atoms with van der Waals surface area (Å²) < 4.78 is 0.968. The Bertz CT molecular complexity index is 555. The summed E-state index contributed by atoms with van der Waals surface area (Å²) in [6.45, 7) is 1.85. The highest BCUT2D eigenvalue weighted by Gasteiger charge is 2.18. The summed E-state index contributed by atoms with van der Waals surface area (Å²) in [5.41, 5.74) is 1.75. The SMILES string of the molecule is CC[C@H](Sc1nc2ccc(Br)cc2[nH]1)C(=O)O. The largest absolute Gasteiger partial charge is 0.480 e. The molecule has 2 N–H and O–H groups in total. The molecule has 0 bridgehead atoms. The maximum Gasteiger partial charge on any atom is 0.317 e. The smallest absolute Gasteiger partial charge is 0.317 e. The summed E-state index contributed by atoms with van der Waals surface area (Å²) in [6, 6.07) is 5.72. The van der Waals surface area contributed by atoms with Gasteiger partial charge in [-0.25, -0.2) is 4.98 Å². The van der Waals surface area contributed by atoms with Crippen molar-refractivity contribution in [3.63, 3.8) is 0 Å². The van der Waals surface area contributed by atoms with Gasteiger partial charge in [0.2, 0.25) is 0 Å². The van der Waals surface area contributed by atoms with Gasteiger partial charge >= 0.3 is 5.97 Å². The van der Waals surface area contributed by atoms with Crippen LogP contribution in [0.25, 0.3) is 11.0 Å². The van der Waals surface area contributed by atoms with Crippen molar-refractivity contribution in [2.45, 2.75) is 23.8 Å². The van der Waals surface area contributed by atoms with Crippen LogP contribution in [0, 0.1) is 0 Å². The van der Waals surface area contributed by atoms with Crippen LogP contribution in [0.1, 0.15) is 13.3 Å². The van der Waals surface area contributed by atoms with Crippen LogP contribution >= 0.6 is 27.7 Å². The number of hydrogen-bond donors (Lipinski definition) is 2. The van der Waals surface area contributed by atoms with Crippen molar-refractivity contribution in [1.82, 2.24) is 9.97 Å². The zero-order valence-electron chi connectivity index (χ0n) is 9.11. The maximum absolute atomic E-state index is 10.9. The van der Waals surface area contributed by atoms with E-state index in [1.54, 1.807) is 0 Å². The first-order chi connectivity index (χ1) is 8.10. The van der Waals surface area contributed by atoms with Crippen molar-refractivity contribution in [1.29, 1.82) is 0 Å². The molecule has 0 spiro atoms. The second kappa shape index (κ2) is 5.10. The Labute approximate surface area is 111 Å². The molecule has 1 aromatic heterocycles. The molecule has 0 aliphatic heterocycles. The van der Waals surface area contributed by atoms with Crippen LogP contribution in [0.2, 0.25) is 0 Å². The molecule has 0 radical (unpaired) electrons. The van der Waals surface area contributed by atoms with Crippen LogP contribution in [0.4, 0.5) is 0 Å². The predicted molar refractivity (Wildman–Crippen MR) is 71.4 cm³/mol. The van der Waals surface area contributed by atoms with Gasteiger partial charge in [-0.05, 0) is 24.6 Å². The quantitative estimate of drug-likeness (QED) is 0.850. The number of aromatic amines is 1. The lowest BCUT2D eigenvalue weighted by molar-refractivity contribution is -0.136. The molecule has 0 saturated carbocycles. The Balaban J connectivity index is 2.27. The average Bonchev–Trinajstić information content (AvgIpc) is 2.66. The highest BCUT2D eigenvalue weighted by atomic mass is 79.9. The van der Waals surface area contributed by atoms with E-state index in [2.05, 4.69) is 25.9 Å². The van der Waals surface area contributed by atoms with Crippen molar-refractivity contribution in [3.8, 4) is 0 Å². The molecule has 90 valence electrons. The molecular formula is C11H11BrN2O2S. The molecule has 2 aromatic rings. The minimum absolute atomic E-state index is 0.459. The maximum atomic E-state index is 10.9. The minimum atomic E-state index is -0.806. The Hall–Kier alpha value is -1.01. The second-order valence-electron chi connectivity index (χ2n) is 3.56. The number of carboxylic acids is 1. The third-order valence-corrected chi connectivity index (χ3v) is 4.05. The fourth-order valence-corrected chi connectivity index (χ4v) is 2.68. The summed E-state index contributed by atoms with van der Waals surface area (Å²) >= 11 is 4.63. The number of hydrogen-bond acceptors (Lipinski definition) is 3. The fourth-order valence-electron chi connectivity index (χ4n) is 1.46. The van der Waals surface area contributed by atoms with Gasteiger partial charge in [-0.1, -0.05) is 34.6 Å². The third kappa shape index (κ3) is 2.81. The summed E-state index contributed by atoms with van der Waals surface area (Å²) in [5, 5.41) is 9.17. The normalized spacial score (nSPS) is 12.8. The molecule has 0 aliphatic carbocycles. The molecule has 2 rings (SSSR count). The standard InChI is InChI=1S/C11H11BrN2O2S/c1-2-9(10(15)16)17-11-13-7-4-3-6(12)5-8(7)14-11/h3-5,9H,2H2,1H3,(H,13,14)(H,15,16)/t9-/m0/s1. The number of halogens is 1. The molecule has 0 fully saturated rings. The van der Waals surface area contributed by atoms with E-state index < -0.39 is 11.2 Å². The number of benzene rings is 1. The van der Waals surface area contributed by atoms with Crippen molar-refractivity contribution >= 4 is 44.7 Å². The number of H-pyrrole nitrogens is 1. The number of imidazole rings is 1. The molecule has 0 saturated heterocycles. The molecule has 0 unspecified atom stereocenters. The zero-order valence-corrected chi connectivity index (χ0v) is 11.5. The first-order valence-electron chi connectivity index (χ1n) is 5.15. The van der Waals surface area contributed by atoms with Crippen LogP contribution in [-0.2, 0) is 4.79 Å². The highest BCUT2D eigenvalue weighted by molar-refractivity contribution is 9.10. The van der Waals surface area contributed by atoms with Gasteiger partial charge in [-0.3, -0.25) is 4.79 Å². The lowest BCUT2D eigenvalue weighted by Gasteiger charge is -2.05. The molecule has 1 heterocycles. The summed E-state index contributed by atoms with van der Waals surface area (Å²) in [6.07, 6.45) is 0.570. The molecule has 0 amide bonds. The molecule has 17 heavy (non-hydrogen) atoms. The number of thioether (sulfide) groups is 1. The van der Waals surface area contributed by atoms with Gasteiger partial charge in [0.15, 0.2) is 5.16 Å². The van der Waals surface area contributed by atoms with E-state index in [0.717, 1.165) is 15.5 Å². The van der Waals surface area contributed by atoms with E-state index in [1.165, 1.54) is 11.8 Å². The summed E-state index contributed by atoms with van der Waals surface area (Å²) in [4.78, 5) is 18.4. The second-order valence-corrected chi connectivity index (χ2v) is 5.66. The summed E-state index contributed by atoms with van der Waals surface area (Å²) in [5.74, 6) is -0.806. The first-order valence-corrected chi connectivity index (χ1v) is 6.82. The topological polar surface area (TPSA) is 66.0 Å². The summed E-state index contributed by atoms with van der Waals surface area (Å²) in [7, 11) is 0. The van der Waals surface area contributed by atoms with Gasteiger partial charge in [0, 0.05) is 4.47 Å². The van der Waals surface area contributed by atoms with Crippen LogP contribution in [0.15, 0.2) is 27.8 Å². The van der Waals surface area contributed by atoms with Gasteiger partial charge in [-0.2, -0.15) is 0 Å². The van der Waals surface area contributed by atoms with E-state index in [-0.39, 0.29) is 0 Å². The number of aliphatic carboxylic acids is 1. The van der Waals surface area contributed by atoms with Crippen LogP contribution in [0.3, 0.4) is 0 Å². The van der Waals surface area contributed by atoms with Gasteiger partial charge in [-0.15, -0.1) is 0 Å². The van der Waals surface area contributed by atoms with Crippen LogP contribution in [0.5, 0.6) is 0 Å². The van der Waals surface area contributed by atoms with Crippen LogP contribution < -0.4 is 0 Å². The number of carboxylic acid groups (broad SMARTS) is 1. The zero-order chi connectivity index (χ0) is 12.4. The number of fused-ring (bicyclic) bond motifs is 1. The molecule has 1 aromatic carbocycles. The Kier molecular flexibility index (Phi) is 3.73. The minimum Gasteiger partial charge on any atom is -0.480 e. The number of nitrogens with zero attached hydrogens (tertiary/aromatic N) is 1. The van der Waals surface area contributed by atoms with Crippen LogP contribution in [-0.4, -0.2) is 26.3 Å². The van der Waals surface area contributed by atoms with Gasteiger partial charge in [0.25, 0.3) is 0 Å². The molecular weight excluding hydrogens is 304 g/mol. The Morgan fingerprint density at radius 1 is 1.65 bits per heavy atom. The highest BCUT2D eigenvalue weighted by Crippen LogP contribution is 2.26. The number of rotatable bonds is 4. The van der Waals surface area contributed by atoms with Gasteiger partial charge in [0.05, 0.1) is 11.0 Å². The third-order valence-electron chi connectivity index (χ3n) is 2.32. The molecule has 0 aliphatic rings. The van der Waals surface area contributed by atoms with Crippen molar-refractivity contribution in [2.75, 3.05) is 0 Å². The van der Waals surface area contributed by atoms with E-state index in [4.69, 9.17) is 5.11 Å². The van der Waals surface area contributed by atoms with E-state index in [1.807, 2.05) is 25.1 Å². The van der Waals surface area contributed by atoms with Crippen molar-refractivity contribution < 1.29 is 9.90 Å². The van der Waals surface area contributed by atoms with Gasteiger partial charge < -0.3 is 10.1 Å². The number of aromatic nitrogens is 2. The lowest BCUT2D eigenvalue weighted by Crippen LogP contribution is -2.14. The number of nitrogens with one attached hydrogen (secondary N) is 1. The predicted octanol–water partition coefficient (Wildman–Crippen LogP) is 3.28. The van der Waals surface area contributed by atoms with Crippen molar-refractivity contribution in [3.05, 3.63) is 22.7 Å². The Morgan fingerprint density at radius 2 is 2.41 bits per heavy atom. The first kappa shape index (κ1) is 12.4.